The van der Waals surface area contributed by atoms with Crippen molar-refractivity contribution in [3.8, 4) is 0 Å². The Morgan fingerprint density at radius 3 is 2.36 bits per heavy atom. The number of imidazole rings is 1. The van der Waals surface area contributed by atoms with Gasteiger partial charge in [-0.2, -0.15) is 0 Å². The van der Waals surface area contributed by atoms with Crippen LogP contribution < -0.4 is 5.69 Å². The number of para-hydroxylation sites is 2. The van der Waals surface area contributed by atoms with Crippen molar-refractivity contribution in [2.75, 3.05) is 24.1 Å². The maximum atomic E-state index is 13.1. The molecule has 0 spiro atoms. The lowest BCUT2D eigenvalue weighted by Crippen LogP contribution is -2.35. The highest BCUT2D eigenvalue weighted by molar-refractivity contribution is 14.1. The third-order valence-electron chi connectivity index (χ3n) is 6.51. The molecule has 0 bridgehead atoms. The Kier molecular flexibility index (Phi) is 8.24. The predicted molar refractivity (Wildman–Crippen MR) is 147 cm³/mol. The lowest BCUT2D eigenvalue weighted by atomic mass is 9.90. The summed E-state index contributed by atoms with van der Waals surface area (Å²) in [5.41, 5.74) is 3.52. The van der Waals surface area contributed by atoms with E-state index in [-0.39, 0.29) is 11.5 Å². The molecule has 0 amide bonds. The fraction of sp³-hybridized carbons (Fsp3) is 0.385. The van der Waals surface area contributed by atoms with Crippen molar-refractivity contribution < 1.29 is 4.79 Å². The molecule has 0 aliphatic carbocycles. The number of aryl methyl sites for hydroxylation is 1. The van der Waals surface area contributed by atoms with Crippen LogP contribution in [-0.4, -0.2) is 43.9 Å². The molecule has 2 heterocycles. The van der Waals surface area contributed by atoms with Gasteiger partial charge in [0.2, 0.25) is 0 Å². The summed E-state index contributed by atoms with van der Waals surface area (Å²) in [6, 6.07) is 15.6. The summed E-state index contributed by atoms with van der Waals surface area (Å²) in [6.45, 7) is 7.77. The van der Waals surface area contributed by atoms with Crippen LogP contribution in [0.3, 0.4) is 0 Å². The molecule has 0 unspecified atom stereocenters. The van der Waals surface area contributed by atoms with Crippen LogP contribution >= 0.6 is 38.5 Å². The Morgan fingerprint density at radius 2 is 1.70 bits per heavy atom. The number of aromatic nitrogens is 2. The second-order valence-corrected chi connectivity index (χ2v) is 10.4. The third kappa shape index (κ3) is 5.69. The van der Waals surface area contributed by atoms with Crippen LogP contribution in [0, 0.1) is 5.92 Å². The smallest absolute Gasteiger partial charge is 0.303 e. The average molecular weight is 622 g/mol. The average Bonchev–Trinajstić information content (AvgIpc) is 3.11. The Bertz CT molecular complexity index is 1190. The van der Waals surface area contributed by atoms with Gasteiger partial charge in [-0.1, -0.05) is 69.4 Å². The van der Waals surface area contributed by atoms with Gasteiger partial charge in [-0.05, 0) is 69.1 Å². The molecule has 1 aliphatic rings. The van der Waals surface area contributed by atoms with E-state index in [1.165, 1.54) is 0 Å². The highest BCUT2D eigenvalue weighted by Crippen LogP contribution is 2.24. The maximum Gasteiger partial charge on any atom is 0.333 e. The zero-order valence-corrected chi connectivity index (χ0v) is 22.4. The van der Waals surface area contributed by atoms with E-state index in [1.807, 2.05) is 53.1 Å². The molecule has 0 N–H and O–H groups in total. The van der Waals surface area contributed by atoms with Crippen LogP contribution in [0.1, 0.15) is 36.0 Å². The van der Waals surface area contributed by atoms with E-state index in [4.69, 9.17) is 0 Å². The van der Waals surface area contributed by atoms with Crippen molar-refractivity contribution in [1.82, 2.24) is 14.0 Å². The number of carbonyl (C=O) groups excluding carboxylic acids is 1. The normalized spacial score (nSPS) is 15.2. The molecule has 7 heteroatoms. The number of allylic oxidation sites excluding steroid dienone is 1. The van der Waals surface area contributed by atoms with Crippen molar-refractivity contribution >= 4 is 61.0 Å². The summed E-state index contributed by atoms with van der Waals surface area (Å²) in [6.07, 6.45) is 3.66. The fourth-order valence-corrected chi connectivity index (χ4v) is 5.28. The minimum absolute atomic E-state index is 0.00280. The van der Waals surface area contributed by atoms with E-state index in [2.05, 4.69) is 50.0 Å². The maximum absolute atomic E-state index is 13.1. The lowest BCUT2D eigenvalue weighted by molar-refractivity contribution is 0.0927. The van der Waals surface area contributed by atoms with Crippen molar-refractivity contribution in [2.45, 2.75) is 32.2 Å². The zero-order chi connectivity index (χ0) is 23.4. The van der Waals surface area contributed by atoms with Gasteiger partial charge in [0.25, 0.3) is 0 Å². The Morgan fingerprint density at radius 1 is 1.03 bits per heavy atom. The van der Waals surface area contributed by atoms with Gasteiger partial charge in [-0.25, -0.2) is 4.79 Å². The molecular formula is C26H29BrIN3O2. The molecule has 3 aromatic rings. The number of alkyl halides is 1. The van der Waals surface area contributed by atoms with Crippen molar-refractivity contribution in [1.29, 1.82) is 0 Å². The van der Waals surface area contributed by atoms with Crippen molar-refractivity contribution in [3.05, 3.63) is 75.6 Å². The molecular weight excluding hydrogens is 593 g/mol. The number of fused-ring (bicyclic) bond motifs is 1. The van der Waals surface area contributed by atoms with Gasteiger partial charge in [-0.15, -0.1) is 0 Å². The van der Waals surface area contributed by atoms with Crippen LogP contribution in [0.15, 0.2) is 64.4 Å². The van der Waals surface area contributed by atoms with Crippen molar-refractivity contribution in [2.24, 2.45) is 5.92 Å². The van der Waals surface area contributed by atoms with E-state index in [1.54, 1.807) is 4.57 Å². The van der Waals surface area contributed by atoms with Crippen LogP contribution in [0.5, 0.6) is 0 Å². The standard InChI is InChI=1S/C26H29BrIN3O2/c1-19(18-28)31-24-6-3-2-5-23(24)30(26(31)33)14-4-13-29-15-11-20(12-16-29)17-25(32)21-7-9-22(27)10-8-21/h2-3,5-10,20H,1,4,11-18H2. The number of hydrogen-bond donors (Lipinski definition) is 0. The van der Waals surface area contributed by atoms with E-state index in [0.29, 0.717) is 23.3 Å². The predicted octanol–water partition coefficient (Wildman–Crippen LogP) is 5.85. The second-order valence-electron chi connectivity index (χ2n) is 8.73. The first-order valence-electron chi connectivity index (χ1n) is 11.4. The van der Waals surface area contributed by atoms with Gasteiger partial charge >= 0.3 is 5.69 Å². The molecule has 5 nitrogen and oxygen atoms in total. The molecule has 0 saturated carbocycles. The number of ketones is 1. The van der Waals surface area contributed by atoms with E-state index in [0.717, 1.165) is 65.7 Å². The molecule has 1 fully saturated rings. The van der Waals surface area contributed by atoms with Crippen LogP contribution in [0.2, 0.25) is 0 Å². The van der Waals surface area contributed by atoms with Gasteiger partial charge in [0.05, 0.1) is 11.0 Å². The minimum Gasteiger partial charge on any atom is -0.303 e. The summed E-state index contributed by atoms with van der Waals surface area (Å²) in [5.74, 6) is 0.696. The molecule has 0 atom stereocenters. The number of Topliss-reactive ketones (excluding diaryl/α,β-unsaturated/α-hetero) is 1. The zero-order valence-electron chi connectivity index (χ0n) is 18.7. The topological polar surface area (TPSA) is 47.2 Å². The Balaban J connectivity index is 1.29. The fourth-order valence-electron chi connectivity index (χ4n) is 4.67. The van der Waals surface area contributed by atoms with Gasteiger partial charge in [0.1, 0.15) is 0 Å². The summed E-state index contributed by atoms with van der Waals surface area (Å²) >= 11 is 5.67. The van der Waals surface area contributed by atoms with Gasteiger partial charge in [0.15, 0.2) is 5.78 Å². The van der Waals surface area contributed by atoms with Gasteiger partial charge in [0, 0.05) is 33.1 Å². The van der Waals surface area contributed by atoms with Crippen LogP contribution in [0.25, 0.3) is 16.7 Å². The molecule has 33 heavy (non-hydrogen) atoms. The Labute approximate surface area is 216 Å². The first kappa shape index (κ1) is 24.4. The second kappa shape index (κ2) is 11.1. The molecule has 1 aromatic heterocycles. The SMILES string of the molecule is C=C(CI)n1c(=O)n(CCCN2CCC(CC(=O)c3ccc(Br)cc3)CC2)c2ccccc21. The first-order chi connectivity index (χ1) is 16.0. The lowest BCUT2D eigenvalue weighted by Gasteiger charge is -2.31. The van der Waals surface area contributed by atoms with Crippen LogP contribution in [-0.2, 0) is 6.54 Å². The van der Waals surface area contributed by atoms with Gasteiger partial charge < -0.3 is 4.90 Å². The summed E-state index contributed by atoms with van der Waals surface area (Å²) < 4.78 is 5.34. The summed E-state index contributed by atoms with van der Waals surface area (Å²) in [5, 5.41) is 0. The minimum atomic E-state index is 0.00280. The molecule has 1 aliphatic heterocycles. The van der Waals surface area contributed by atoms with Gasteiger partial charge in [-0.3, -0.25) is 13.9 Å². The number of halogens is 2. The summed E-state index contributed by atoms with van der Waals surface area (Å²) in [4.78, 5) is 28.1. The molecule has 1 saturated heterocycles. The summed E-state index contributed by atoms with van der Waals surface area (Å²) in [7, 11) is 0. The monoisotopic (exact) mass is 621 g/mol. The number of hydrogen-bond acceptors (Lipinski definition) is 3. The molecule has 4 rings (SSSR count). The first-order valence-corrected chi connectivity index (χ1v) is 13.8. The number of nitrogens with zero attached hydrogens (tertiary/aromatic N) is 3. The number of piperidine rings is 1. The van der Waals surface area contributed by atoms with Crippen LogP contribution in [0.4, 0.5) is 0 Å². The quantitative estimate of drug-likeness (QED) is 0.171. The number of benzene rings is 2. The molecule has 2 aromatic carbocycles. The molecule has 0 radical (unpaired) electrons. The van der Waals surface area contributed by atoms with Crippen molar-refractivity contribution in [3.63, 3.8) is 0 Å². The molecule has 174 valence electrons. The van der Waals surface area contributed by atoms with E-state index in [9.17, 15) is 9.59 Å². The third-order valence-corrected chi connectivity index (χ3v) is 7.92. The highest BCUT2D eigenvalue weighted by Gasteiger charge is 2.22. The largest absolute Gasteiger partial charge is 0.333 e. The number of rotatable bonds is 9. The Hall–Kier alpha value is -1.71. The number of carbonyl (C=O) groups is 1. The van der Waals surface area contributed by atoms with E-state index >= 15 is 0 Å². The van der Waals surface area contributed by atoms with E-state index < -0.39 is 0 Å². The number of likely N-dealkylation sites (tertiary alicyclic amines) is 1. The highest BCUT2D eigenvalue weighted by atomic mass is 127.